The molecular formula is C11H8N2OZr. The van der Waals surface area contributed by atoms with E-state index in [9.17, 15) is 5.11 Å². The Balaban J connectivity index is 0.00000112. The molecule has 0 radical (unpaired) electrons. The molecule has 0 spiro atoms. The van der Waals surface area contributed by atoms with Gasteiger partial charge in [0.25, 0.3) is 0 Å². The number of hydrogen-bond donors (Lipinski definition) is 1. The van der Waals surface area contributed by atoms with E-state index in [1.54, 1.807) is 6.07 Å². The van der Waals surface area contributed by atoms with Crippen LogP contribution < -0.4 is 0 Å². The van der Waals surface area contributed by atoms with Crippen molar-refractivity contribution in [3.8, 4) is 5.75 Å². The molecule has 1 aromatic carbocycles. The zero-order valence-corrected chi connectivity index (χ0v) is 10.6. The van der Waals surface area contributed by atoms with Gasteiger partial charge in [0.1, 0.15) is 11.3 Å². The summed E-state index contributed by atoms with van der Waals surface area (Å²) in [4.78, 5) is 7.56. The fourth-order valence-electron chi connectivity index (χ4n) is 1.38. The fraction of sp³-hybridized carbons (Fsp3) is 0.0909. The molecule has 0 aliphatic rings. The van der Waals surface area contributed by atoms with Crippen LogP contribution in [0.1, 0.15) is 5.69 Å². The molecule has 15 heavy (non-hydrogen) atoms. The molecule has 0 amide bonds. The van der Waals surface area contributed by atoms with Crippen molar-refractivity contribution in [2.75, 3.05) is 0 Å². The predicted octanol–water partition coefficient (Wildman–Crippen LogP) is 2.80. The largest absolute Gasteiger partial charge is 0.506 e. The predicted molar refractivity (Wildman–Crippen MR) is 54.4 cm³/mol. The van der Waals surface area contributed by atoms with E-state index in [1.165, 1.54) is 6.07 Å². The summed E-state index contributed by atoms with van der Waals surface area (Å²) in [7, 11) is 0. The van der Waals surface area contributed by atoms with Crippen LogP contribution in [0.3, 0.4) is 0 Å². The monoisotopic (exact) mass is 274 g/mol. The second-order valence-electron chi connectivity index (χ2n) is 3.06. The SMILES string of the molecule is [C-]#[N+]c1ccc(O)c2nc(C)ccc12.[Zr]. The summed E-state index contributed by atoms with van der Waals surface area (Å²) < 4.78 is 0. The minimum atomic E-state index is 0. The van der Waals surface area contributed by atoms with E-state index in [0.717, 1.165) is 5.69 Å². The van der Waals surface area contributed by atoms with Crippen molar-refractivity contribution in [2.24, 2.45) is 0 Å². The third kappa shape index (κ3) is 2.08. The van der Waals surface area contributed by atoms with Crippen molar-refractivity contribution in [2.45, 2.75) is 6.92 Å². The molecule has 72 valence electrons. The molecule has 1 aromatic heterocycles. The van der Waals surface area contributed by atoms with Gasteiger partial charge in [0.05, 0.1) is 6.57 Å². The summed E-state index contributed by atoms with van der Waals surface area (Å²) >= 11 is 0. The normalized spacial score (nSPS) is 9.33. The van der Waals surface area contributed by atoms with Crippen LogP contribution in [0.4, 0.5) is 5.69 Å². The average molecular weight is 275 g/mol. The minimum absolute atomic E-state index is 0. The first-order valence-electron chi connectivity index (χ1n) is 4.19. The first kappa shape index (κ1) is 11.9. The first-order chi connectivity index (χ1) is 6.72. The summed E-state index contributed by atoms with van der Waals surface area (Å²) in [6.07, 6.45) is 0. The van der Waals surface area contributed by atoms with Crippen LogP contribution in [-0.2, 0) is 26.2 Å². The summed E-state index contributed by atoms with van der Waals surface area (Å²) in [5, 5.41) is 10.2. The van der Waals surface area contributed by atoms with E-state index >= 15 is 0 Å². The van der Waals surface area contributed by atoms with Crippen LogP contribution in [0, 0.1) is 13.5 Å². The van der Waals surface area contributed by atoms with Crippen LogP contribution in [0.5, 0.6) is 5.75 Å². The van der Waals surface area contributed by atoms with Gasteiger partial charge in [0.15, 0.2) is 5.69 Å². The van der Waals surface area contributed by atoms with Crippen molar-refractivity contribution in [3.05, 3.63) is 41.4 Å². The maximum absolute atomic E-state index is 9.55. The van der Waals surface area contributed by atoms with E-state index in [2.05, 4.69) is 9.83 Å². The van der Waals surface area contributed by atoms with Gasteiger partial charge < -0.3 is 5.11 Å². The maximum Gasteiger partial charge on any atom is 0.196 e. The van der Waals surface area contributed by atoms with Crippen LogP contribution in [0.2, 0.25) is 0 Å². The number of pyridine rings is 1. The Morgan fingerprint density at radius 3 is 2.67 bits per heavy atom. The van der Waals surface area contributed by atoms with E-state index in [0.29, 0.717) is 16.6 Å². The van der Waals surface area contributed by atoms with Gasteiger partial charge in [-0.3, -0.25) is 4.98 Å². The first-order valence-corrected chi connectivity index (χ1v) is 4.19. The Morgan fingerprint density at radius 1 is 1.27 bits per heavy atom. The molecule has 4 heteroatoms. The number of aryl methyl sites for hydroxylation is 1. The standard InChI is InChI=1S/C11H8N2O.Zr/c1-7-3-4-8-9(12-2)5-6-10(14)11(8)13-7;/h3-6,14H,1H3;. The second-order valence-corrected chi connectivity index (χ2v) is 3.06. The third-order valence-corrected chi connectivity index (χ3v) is 2.07. The quantitative estimate of drug-likeness (QED) is 0.751. The number of nitrogens with zero attached hydrogens (tertiary/aromatic N) is 2. The molecule has 1 N–H and O–H groups in total. The summed E-state index contributed by atoms with van der Waals surface area (Å²) in [5.41, 5.74) is 1.85. The van der Waals surface area contributed by atoms with Crippen molar-refractivity contribution in [1.82, 2.24) is 4.98 Å². The number of rotatable bonds is 0. The van der Waals surface area contributed by atoms with Crippen molar-refractivity contribution in [1.29, 1.82) is 0 Å². The topological polar surface area (TPSA) is 37.5 Å². The van der Waals surface area contributed by atoms with Gasteiger partial charge in [-0.2, -0.15) is 0 Å². The van der Waals surface area contributed by atoms with Gasteiger partial charge in [-0.15, -0.1) is 0 Å². The molecule has 0 unspecified atom stereocenters. The van der Waals surface area contributed by atoms with Gasteiger partial charge in [0, 0.05) is 37.3 Å². The van der Waals surface area contributed by atoms with Crippen LogP contribution in [0.15, 0.2) is 24.3 Å². The van der Waals surface area contributed by atoms with Gasteiger partial charge in [0.2, 0.25) is 0 Å². The van der Waals surface area contributed by atoms with E-state index < -0.39 is 0 Å². The number of benzene rings is 1. The molecule has 0 fully saturated rings. The molecule has 0 aliphatic carbocycles. The molecule has 2 rings (SSSR count). The maximum atomic E-state index is 9.55. The van der Waals surface area contributed by atoms with Crippen molar-refractivity contribution in [3.63, 3.8) is 0 Å². The fourth-order valence-corrected chi connectivity index (χ4v) is 1.38. The smallest absolute Gasteiger partial charge is 0.196 e. The summed E-state index contributed by atoms with van der Waals surface area (Å²) in [5.74, 6) is 0.121. The Labute approximate surface area is 107 Å². The zero-order valence-electron chi connectivity index (χ0n) is 8.15. The average Bonchev–Trinajstić information content (AvgIpc) is 2.19. The van der Waals surface area contributed by atoms with Crippen molar-refractivity contribution >= 4 is 16.6 Å². The number of aromatic nitrogens is 1. The Hall–Kier alpha value is -1.20. The Kier molecular flexibility index (Phi) is 3.60. The zero-order chi connectivity index (χ0) is 10.1. The summed E-state index contributed by atoms with van der Waals surface area (Å²) in [6.45, 7) is 8.82. The van der Waals surface area contributed by atoms with Crippen LogP contribution in [0.25, 0.3) is 15.7 Å². The van der Waals surface area contributed by atoms with Crippen LogP contribution in [-0.4, -0.2) is 10.1 Å². The molecule has 3 nitrogen and oxygen atoms in total. The number of aromatic hydroxyl groups is 1. The van der Waals surface area contributed by atoms with Gasteiger partial charge >= 0.3 is 0 Å². The molecule has 0 atom stereocenters. The number of phenolic OH excluding ortho intramolecular Hbond substituents is 1. The van der Waals surface area contributed by atoms with Crippen molar-refractivity contribution < 1.29 is 31.3 Å². The number of phenols is 1. The third-order valence-electron chi connectivity index (χ3n) is 2.07. The Morgan fingerprint density at radius 2 is 2.00 bits per heavy atom. The summed E-state index contributed by atoms with van der Waals surface area (Å²) in [6, 6.07) is 6.74. The van der Waals surface area contributed by atoms with Gasteiger partial charge in [-0.1, -0.05) is 12.1 Å². The molecule has 0 saturated carbocycles. The second kappa shape index (κ2) is 4.55. The number of fused-ring (bicyclic) bond motifs is 1. The van der Waals surface area contributed by atoms with Gasteiger partial charge in [-0.05, 0) is 19.1 Å². The molecule has 1 heterocycles. The van der Waals surface area contributed by atoms with E-state index in [1.807, 2.05) is 19.1 Å². The molecule has 2 aromatic rings. The number of hydrogen-bond acceptors (Lipinski definition) is 2. The molecular weight excluding hydrogens is 267 g/mol. The molecule has 0 bridgehead atoms. The van der Waals surface area contributed by atoms with E-state index in [4.69, 9.17) is 6.57 Å². The molecule has 0 saturated heterocycles. The molecule has 0 aliphatic heterocycles. The van der Waals surface area contributed by atoms with Crippen LogP contribution >= 0.6 is 0 Å². The van der Waals surface area contributed by atoms with Gasteiger partial charge in [-0.25, -0.2) is 4.85 Å². The Bertz CT molecular complexity index is 546. The van der Waals surface area contributed by atoms with E-state index in [-0.39, 0.29) is 32.0 Å². The minimum Gasteiger partial charge on any atom is -0.506 e.